The van der Waals surface area contributed by atoms with Crippen molar-refractivity contribution in [1.82, 2.24) is 9.97 Å². The lowest BCUT2D eigenvalue weighted by Gasteiger charge is -1.87. The van der Waals surface area contributed by atoms with Gasteiger partial charge in [-0.2, -0.15) is 0 Å². The number of rotatable bonds is 3. The van der Waals surface area contributed by atoms with Crippen molar-refractivity contribution < 1.29 is 0 Å². The first kappa shape index (κ1) is 10.1. The summed E-state index contributed by atoms with van der Waals surface area (Å²) < 4.78 is 0. The van der Waals surface area contributed by atoms with Crippen LogP contribution in [0.4, 0.5) is 0 Å². The molecule has 2 aromatic rings. The Morgan fingerprint density at radius 1 is 1.50 bits per heavy atom. The van der Waals surface area contributed by atoms with Crippen LogP contribution < -0.4 is 0 Å². The summed E-state index contributed by atoms with van der Waals surface area (Å²) in [5, 5.41) is 4.19. The van der Waals surface area contributed by atoms with Crippen molar-refractivity contribution in [3.8, 4) is 9.88 Å². The number of hydrogen-bond acceptors (Lipinski definition) is 4. The zero-order chi connectivity index (χ0) is 9.97. The highest BCUT2D eigenvalue weighted by molar-refractivity contribution is 7.20. The van der Waals surface area contributed by atoms with Crippen LogP contribution in [0.25, 0.3) is 9.88 Å². The van der Waals surface area contributed by atoms with Crippen molar-refractivity contribution in [1.29, 1.82) is 0 Å². The minimum atomic E-state index is 0.630. The third kappa shape index (κ3) is 2.13. The molecule has 0 amide bonds. The van der Waals surface area contributed by atoms with Gasteiger partial charge in [0, 0.05) is 23.9 Å². The summed E-state index contributed by atoms with van der Waals surface area (Å²) in [5.41, 5.74) is 1.08. The normalized spacial score (nSPS) is 10.7. The highest BCUT2D eigenvalue weighted by Crippen LogP contribution is 2.28. The van der Waals surface area contributed by atoms with E-state index in [1.54, 1.807) is 22.7 Å². The zero-order valence-corrected chi connectivity index (χ0v) is 10.0. The Kier molecular flexibility index (Phi) is 3.15. The molecule has 0 atom stereocenters. The number of thiazole rings is 2. The molecule has 0 saturated carbocycles. The summed E-state index contributed by atoms with van der Waals surface area (Å²) >= 11 is 8.98. The predicted octanol–water partition coefficient (Wildman–Crippen LogP) is 3.36. The minimum Gasteiger partial charge on any atom is -0.249 e. The molecule has 0 aliphatic carbocycles. The van der Waals surface area contributed by atoms with E-state index >= 15 is 0 Å². The maximum Gasteiger partial charge on any atom is 0.135 e. The monoisotopic (exact) mass is 244 g/mol. The second kappa shape index (κ2) is 4.38. The van der Waals surface area contributed by atoms with Crippen LogP contribution in [0, 0.1) is 6.92 Å². The molecule has 2 nitrogen and oxygen atoms in total. The van der Waals surface area contributed by atoms with Gasteiger partial charge >= 0.3 is 0 Å². The van der Waals surface area contributed by atoms with Crippen LogP contribution in [0.1, 0.15) is 10.7 Å². The Morgan fingerprint density at radius 3 is 3.00 bits per heavy atom. The summed E-state index contributed by atoms with van der Waals surface area (Å²) in [6, 6.07) is 0. The van der Waals surface area contributed by atoms with E-state index in [0.717, 1.165) is 27.0 Å². The number of halogens is 1. The Balaban J connectivity index is 2.24. The number of nitrogens with zero attached hydrogens (tertiary/aromatic N) is 2. The molecule has 14 heavy (non-hydrogen) atoms. The predicted molar refractivity (Wildman–Crippen MR) is 62.4 cm³/mol. The zero-order valence-electron chi connectivity index (χ0n) is 7.66. The van der Waals surface area contributed by atoms with Crippen molar-refractivity contribution in [2.45, 2.75) is 13.3 Å². The summed E-state index contributed by atoms with van der Waals surface area (Å²) in [7, 11) is 0. The molecule has 0 saturated heterocycles. The van der Waals surface area contributed by atoms with Gasteiger partial charge in [-0.1, -0.05) is 0 Å². The van der Waals surface area contributed by atoms with Crippen LogP contribution in [0.3, 0.4) is 0 Å². The third-order valence-electron chi connectivity index (χ3n) is 1.73. The van der Waals surface area contributed by atoms with E-state index in [1.165, 1.54) is 0 Å². The van der Waals surface area contributed by atoms with Crippen molar-refractivity contribution in [2.75, 3.05) is 5.88 Å². The summed E-state index contributed by atoms with van der Waals surface area (Å²) in [5.74, 6) is 0.630. The highest BCUT2D eigenvalue weighted by Gasteiger charge is 2.06. The fourth-order valence-electron chi connectivity index (χ4n) is 1.09. The lowest BCUT2D eigenvalue weighted by molar-refractivity contribution is 1.07. The second-order valence-electron chi connectivity index (χ2n) is 2.83. The van der Waals surface area contributed by atoms with E-state index in [1.807, 2.05) is 13.1 Å². The topological polar surface area (TPSA) is 25.8 Å². The average Bonchev–Trinajstić information content (AvgIpc) is 2.74. The van der Waals surface area contributed by atoms with E-state index in [0.29, 0.717) is 5.88 Å². The molecule has 74 valence electrons. The van der Waals surface area contributed by atoms with Crippen LogP contribution in [0.2, 0.25) is 0 Å². The van der Waals surface area contributed by atoms with Gasteiger partial charge in [0.1, 0.15) is 5.01 Å². The van der Waals surface area contributed by atoms with Crippen molar-refractivity contribution in [3.05, 3.63) is 22.3 Å². The molecule has 0 spiro atoms. The average molecular weight is 245 g/mol. The molecule has 0 radical (unpaired) electrons. The molecule has 0 fully saturated rings. The largest absolute Gasteiger partial charge is 0.249 e. The fraction of sp³-hybridized carbons (Fsp3) is 0.333. The van der Waals surface area contributed by atoms with Gasteiger partial charge < -0.3 is 0 Å². The maximum absolute atomic E-state index is 5.65. The van der Waals surface area contributed by atoms with E-state index in [9.17, 15) is 0 Å². The Morgan fingerprint density at radius 2 is 2.36 bits per heavy atom. The summed E-state index contributed by atoms with van der Waals surface area (Å²) in [6.45, 7) is 2.00. The van der Waals surface area contributed by atoms with Gasteiger partial charge in [0.2, 0.25) is 0 Å². The highest BCUT2D eigenvalue weighted by atomic mass is 35.5. The van der Waals surface area contributed by atoms with Gasteiger partial charge in [-0.15, -0.1) is 34.3 Å². The molecule has 0 aromatic carbocycles. The van der Waals surface area contributed by atoms with Gasteiger partial charge in [-0.05, 0) is 6.92 Å². The molecule has 2 heterocycles. The van der Waals surface area contributed by atoms with Gasteiger partial charge in [0.05, 0.1) is 15.6 Å². The molecular weight excluding hydrogens is 236 g/mol. The molecular formula is C9H9ClN2S2. The molecule has 0 unspecified atom stereocenters. The van der Waals surface area contributed by atoms with Crippen molar-refractivity contribution in [2.24, 2.45) is 0 Å². The Labute approximate surface area is 95.6 Å². The number of hydrogen-bond donors (Lipinski definition) is 0. The SMILES string of the molecule is Cc1ncc(-c2nc(CCCl)cs2)s1. The van der Waals surface area contributed by atoms with Crippen LogP contribution in [-0.4, -0.2) is 15.8 Å². The van der Waals surface area contributed by atoms with E-state index in [-0.39, 0.29) is 0 Å². The Bertz CT molecular complexity index is 422. The standard InChI is InChI=1S/C9H9ClN2S2/c1-6-11-4-8(14-6)9-12-7(2-3-10)5-13-9/h4-5H,2-3H2,1H3. The molecule has 0 bridgehead atoms. The number of alkyl halides is 1. The molecule has 5 heteroatoms. The lowest BCUT2D eigenvalue weighted by atomic mass is 10.4. The van der Waals surface area contributed by atoms with Gasteiger partial charge in [-0.3, -0.25) is 0 Å². The smallest absolute Gasteiger partial charge is 0.135 e. The van der Waals surface area contributed by atoms with Crippen LogP contribution in [-0.2, 0) is 6.42 Å². The molecule has 2 aromatic heterocycles. The van der Waals surface area contributed by atoms with Crippen LogP contribution in [0.5, 0.6) is 0 Å². The summed E-state index contributed by atoms with van der Waals surface area (Å²) in [4.78, 5) is 9.84. The quantitative estimate of drug-likeness (QED) is 0.774. The van der Waals surface area contributed by atoms with E-state index in [2.05, 4.69) is 15.3 Å². The van der Waals surface area contributed by atoms with Crippen LogP contribution >= 0.6 is 34.3 Å². The molecule has 0 aliphatic heterocycles. The van der Waals surface area contributed by atoms with E-state index < -0.39 is 0 Å². The van der Waals surface area contributed by atoms with Crippen molar-refractivity contribution >= 4 is 34.3 Å². The van der Waals surface area contributed by atoms with Crippen molar-refractivity contribution in [3.63, 3.8) is 0 Å². The van der Waals surface area contributed by atoms with Crippen LogP contribution in [0.15, 0.2) is 11.6 Å². The maximum atomic E-state index is 5.65. The molecule has 0 aliphatic rings. The minimum absolute atomic E-state index is 0.630. The van der Waals surface area contributed by atoms with Gasteiger partial charge in [0.15, 0.2) is 0 Å². The first-order valence-corrected chi connectivity index (χ1v) is 6.46. The summed E-state index contributed by atoms with van der Waals surface area (Å²) in [6.07, 6.45) is 2.72. The fourth-order valence-corrected chi connectivity index (χ4v) is 2.97. The van der Waals surface area contributed by atoms with Gasteiger partial charge in [-0.25, -0.2) is 9.97 Å². The Hall–Kier alpha value is -0.450. The lowest BCUT2D eigenvalue weighted by Crippen LogP contribution is -1.84. The molecule has 0 N–H and O–H groups in total. The number of aromatic nitrogens is 2. The number of aryl methyl sites for hydroxylation is 2. The third-order valence-corrected chi connectivity index (χ3v) is 3.90. The second-order valence-corrected chi connectivity index (χ2v) is 5.30. The first-order valence-electron chi connectivity index (χ1n) is 4.23. The molecule has 2 rings (SSSR count). The van der Waals surface area contributed by atoms with E-state index in [4.69, 9.17) is 11.6 Å². The van der Waals surface area contributed by atoms with Gasteiger partial charge in [0.25, 0.3) is 0 Å². The first-order chi connectivity index (χ1) is 6.79.